The lowest BCUT2D eigenvalue weighted by molar-refractivity contribution is -0.118. The van der Waals surface area contributed by atoms with Crippen molar-refractivity contribution in [1.29, 1.82) is 0 Å². The van der Waals surface area contributed by atoms with Crippen molar-refractivity contribution in [2.75, 3.05) is 5.75 Å². The maximum Gasteiger partial charge on any atom is 0.250 e. The number of benzene rings is 1. The van der Waals surface area contributed by atoms with Gasteiger partial charge in [-0.25, -0.2) is 20.4 Å². The summed E-state index contributed by atoms with van der Waals surface area (Å²) in [6.07, 6.45) is 4.51. The van der Waals surface area contributed by atoms with E-state index in [0.29, 0.717) is 15.7 Å². The number of H-pyrrole nitrogens is 1. The largest absolute Gasteiger partial charge is 0.341 e. The normalized spacial score (nSPS) is 11.2. The average molecular weight is 347 g/mol. The molecule has 2 aromatic heterocycles. The Kier molecular flexibility index (Phi) is 4.84. The van der Waals surface area contributed by atoms with Gasteiger partial charge in [0.1, 0.15) is 16.9 Å². The number of nitrogens with one attached hydrogen (secondary N) is 2. The molecule has 1 amide bonds. The van der Waals surface area contributed by atoms with Gasteiger partial charge in [-0.15, -0.1) is 0 Å². The monoisotopic (exact) mass is 346 g/mol. The van der Waals surface area contributed by atoms with E-state index in [-0.39, 0.29) is 11.7 Å². The number of aromatic amines is 1. The third-order valence-corrected chi connectivity index (χ3v) is 4.04. The predicted octanol–water partition coefficient (Wildman–Crippen LogP) is 2.25. The number of halogens is 1. The second kappa shape index (κ2) is 7.21. The number of carbonyl (C=O) groups is 1. The molecule has 116 valence electrons. The molecule has 0 bridgehead atoms. The fraction of sp³-hybridized carbons (Fsp3) is 0.0714. The van der Waals surface area contributed by atoms with E-state index in [2.05, 4.69) is 30.5 Å². The van der Waals surface area contributed by atoms with Crippen LogP contribution in [-0.2, 0) is 4.79 Å². The lowest BCUT2D eigenvalue weighted by atomic mass is 10.2. The van der Waals surface area contributed by atoms with E-state index in [1.807, 2.05) is 12.1 Å². The SMILES string of the molecule is O=C(CSc1ncnc2nc[nH]c12)N/N=C\c1ccc(Cl)cc1. The standard InChI is InChI=1S/C14H11ClN6OS/c15-10-3-1-9(2-4-10)5-20-21-11(22)6-23-14-12-13(17-7-16-12)18-8-19-14/h1-5,7-8H,6H2,(H,21,22)(H,16,17,18,19)/b20-5-. The Bertz CT molecular complexity index is 848. The Morgan fingerprint density at radius 3 is 2.96 bits per heavy atom. The van der Waals surface area contributed by atoms with Gasteiger partial charge in [-0.2, -0.15) is 5.10 Å². The van der Waals surface area contributed by atoms with Crippen LogP contribution in [0.5, 0.6) is 0 Å². The Hall–Kier alpha value is -2.45. The first kappa shape index (κ1) is 15.4. The van der Waals surface area contributed by atoms with Crippen LogP contribution in [0.3, 0.4) is 0 Å². The molecule has 9 heteroatoms. The first-order valence-electron chi connectivity index (χ1n) is 6.57. The second-order valence-corrected chi connectivity index (χ2v) is 5.81. The number of rotatable bonds is 5. The van der Waals surface area contributed by atoms with Gasteiger partial charge in [-0.1, -0.05) is 35.5 Å². The molecule has 0 saturated carbocycles. The number of thioether (sulfide) groups is 1. The predicted molar refractivity (Wildman–Crippen MR) is 89.6 cm³/mol. The molecule has 0 spiro atoms. The second-order valence-electron chi connectivity index (χ2n) is 4.41. The van der Waals surface area contributed by atoms with Crippen molar-refractivity contribution >= 4 is 46.6 Å². The highest BCUT2D eigenvalue weighted by Crippen LogP contribution is 2.21. The fourth-order valence-corrected chi connectivity index (χ4v) is 2.62. The van der Waals surface area contributed by atoms with Crippen molar-refractivity contribution in [3.63, 3.8) is 0 Å². The van der Waals surface area contributed by atoms with Crippen molar-refractivity contribution in [2.45, 2.75) is 5.03 Å². The third kappa shape index (κ3) is 4.05. The minimum Gasteiger partial charge on any atom is -0.341 e. The fourth-order valence-electron chi connectivity index (χ4n) is 1.75. The van der Waals surface area contributed by atoms with Gasteiger partial charge in [0, 0.05) is 5.02 Å². The Labute approximate surface area is 140 Å². The van der Waals surface area contributed by atoms with Crippen LogP contribution >= 0.6 is 23.4 Å². The summed E-state index contributed by atoms with van der Waals surface area (Å²) in [7, 11) is 0. The van der Waals surface area contributed by atoms with Crippen molar-refractivity contribution in [3.05, 3.63) is 47.5 Å². The van der Waals surface area contributed by atoms with E-state index in [0.717, 1.165) is 11.1 Å². The number of fused-ring (bicyclic) bond motifs is 1. The molecular weight excluding hydrogens is 336 g/mol. The highest BCUT2D eigenvalue weighted by atomic mass is 35.5. The van der Waals surface area contributed by atoms with Crippen molar-refractivity contribution in [3.8, 4) is 0 Å². The number of nitrogens with zero attached hydrogens (tertiary/aromatic N) is 4. The van der Waals surface area contributed by atoms with Crippen LogP contribution in [0.15, 0.2) is 47.0 Å². The van der Waals surface area contributed by atoms with E-state index in [1.54, 1.807) is 24.7 Å². The summed E-state index contributed by atoms with van der Waals surface area (Å²) in [5.41, 5.74) is 4.60. The summed E-state index contributed by atoms with van der Waals surface area (Å²) in [5.74, 6) is -0.0465. The first-order chi connectivity index (χ1) is 11.2. The van der Waals surface area contributed by atoms with E-state index in [1.165, 1.54) is 18.1 Å². The number of hydrogen-bond donors (Lipinski definition) is 2. The van der Waals surface area contributed by atoms with Gasteiger partial charge in [0.05, 0.1) is 18.3 Å². The molecule has 0 radical (unpaired) electrons. The molecule has 0 fully saturated rings. The molecule has 0 aliphatic heterocycles. The average Bonchev–Trinajstić information content (AvgIpc) is 3.04. The Balaban J connectivity index is 1.53. The van der Waals surface area contributed by atoms with Crippen LogP contribution in [-0.4, -0.2) is 37.8 Å². The number of imidazole rings is 1. The van der Waals surface area contributed by atoms with Crippen LogP contribution in [0.4, 0.5) is 0 Å². The molecule has 0 saturated heterocycles. The molecule has 3 rings (SSSR count). The minimum atomic E-state index is -0.230. The third-order valence-electron chi connectivity index (χ3n) is 2.80. The number of hydrazone groups is 1. The Morgan fingerprint density at radius 2 is 2.13 bits per heavy atom. The molecule has 23 heavy (non-hydrogen) atoms. The van der Waals surface area contributed by atoms with Gasteiger partial charge in [-0.3, -0.25) is 4.79 Å². The van der Waals surface area contributed by atoms with Gasteiger partial charge in [-0.05, 0) is 17.7 Å². The summed E-state index contributed by atoms with van der Waals surface area (Å²) in [4.78, 5) is 26.9. The van der Waals surface area contributed by atoms with Crippen LogP contribution in [0.25, 0.3) is 11.2 Å². The molecule has 3 aromatic rings. The summed E-state index contributed by atoms with van der Waals surface area (Å²) in [6, 6.07) is 7.13. The lowest BCUT2D eigenvalue weighted by Crippen LogP contribution is -2.19. The maximum atomic E-state index is 11.8. The van der Waals surface area contributed by atoms with Gasteiger partial charge < -0.3 is 4.98 Å². The summed E-state index contributed by atoms with van der Waals surface area (Å²) in [5, 5.41) is 5.22. The molecule has 0 atom stereocenters. The van der Waals surface area contributed by atoms with Crippen molar-refractivity contribution in [2.24, 2.45) is 5.10 Å². The first-order valence-corrected chi connectivity index (χ1v) is 7.93. The van der Waals surface area contributed by atoms with E-state index in [4.69, 9.17) is 11.6 Å². The summed E-state index contributed by atoms with van der Waals surface area (Å²) >= 11 is 7.08. The molecule has 0 aliphatic carbocycles. The number of carbonyl (C=O) groups excluding carboxylic acids is 1. The topological polar surface area (TPSA) is 95.9 Å². The highest BCUT2D eigenvalue weighted by Gasteiger charge is 2.08. The molecule has 2 N–H and O–H groups in total. The van der Waals surface area contributed by atoms with Gasteiger partial charge in [0.25, 0.3) is 0 Å². The van der Waals surface area contributed by atoms with Crippen LogP contribution < -0.4 is 5.43 Å². The summed E-state index contributed by atoms with van der Waals surface area (Å²) < 4.78 is 0. The lowest BCUT2D eigenvalue weighted by Gasteiger charge is -2.01. The maximum absolute atomic E-state index is 11.8. The van der Waals surface area contributed by atoms with Gasteiger partial charge in [0.2, 0.25) is 5.91 Å². The summed E-state index contributed by atoms with van der Waals surface area (Å²) in [6.45, 7) is 0. The minimum absolute atomic E-state index is 0.184. The Morgan fingerprint density at radius 1 is 1.30 bits per heavy atom. The van der Waals surface area contributed by atoms with E-state index in [9.17, 15) is 4.79 Å². The molecule has 1 aromatic carbocycles. The zero-order valence-electron chi connectivity index (χ0n) is 11.7. The number of amides is 1. The number of hydrogen-bond acceptors (Lipinski definition) is 6. The molecule has 2 heterocycles. The van der Waals surface area contributed by atoms with Gasteiger partial charge in [0.15, 0.2) is 5.65 Å². The smallest absolute Gasteiger partial charge is 0.250 e. The quantitative estimate of drug-likeness (QED) is 0.320. The highest BCUT2D eigenvalue weighted by molar-refractivity contribution is 8.00. The zero-order valence-corrected chi connectivity index (χ0v) is 13.3. The van der Waals surface area contributed by atoms with Crippen LogP contribution in [0.2, 0.25) is 5.02 Å². The van der Waals surface area contributed by atoms with Crippen LogP contribution in [0, 0.1) is 0 Å². The zero-order chi connectivity index (χ0) is 16.1. The molecule has 0 unspecified atom stereocenters. The van der Waals surface area contributed by atoms with Crippen molar-refractivity contribution in [1.82, 2.24) is 25.4 Å². The van der Waals surface area contributed by atoms with E-state index >= 15 is 0 Å². The molecular formula is C14H11ClN6OS. The number of aromatic nitrogens is 4. The van der Waals surface area contributed by atoms with E-state index < -0.39 is 0 Å². The molecule has 7 nitrogen and oxygen atoms in total. The molecule has 0 aliphatic rings. The van der Waals surface area contributed by atoms with Crippen molar-refractivity contribution < 1.29 is 4.79 Å². The van der Waals surface area contributed by atoms with Gasteiger partial charge >= 0.3 is 0 Å². The van der Waals surface area contributed by atoms with Crippen LogP contribution in [0.1, 0.15) is 5.56 Å².